The van der Waals surface area contributed by atoms with Crippen molar-refractivity contribution in [1.82, 2.24) is 0 Å². The van der Waals surface area contributed by atoms with Crippen molar-refractivity contribution < 1.29 is 0 Å². The fraction of sp³-hybridized carbons (Fsp3) is 0.571. The molecule has 0 aliphatic carbocycles. The van der Waals surface area contributed by atoms with Gasteiger partial charge in [-0.1, -0.05) is 44.8 Å². The fourth-order valence-corrected chi connectivity index (χ4v) is 3.50. The smallest absolute Gasteiger partial charge is 0.0488 e. The van der Waals surface area contributed by atoms with Crippen LogP contribution in [-0.2, 0) is 6.04 Å². The van der Waals surface area contributed by atoms with Crippen LogP contribution in [0.15, 0.2) is 24.3 Å². The number of anilines is 1. The summed E-state index contributed by atoms with van der Waals surface area (Å²) in [6.45, 7) is 10.7. The van der Waals surface area contributed by atoms with Gasteiger partial charge in [0.15, 0.2) is 0 Å². The second-order valence-electron chi connectivity index (χ2n) is 5.79. The largest absolute Gasteiger partial charge is 0.374 e. The number of hydrogen-bond acceptors (Lipinski definition) is 1. The summed E-state index contributed by atoms with van der Waals surface area (Å²) in [4.78, 5) is 2.38. The minimum absolute atomic E-state index is 1.02. The zero-order chi connectivity index (χ0) is 12.2. The summed E-state index contributed by atoms with van der Waals surface area (Å²) in [7, 11) is 1.18. The zero-order valence-electron chi connectivity index (χ0n) is 11.4. The molecule has 0 aromatic heterocycles. The van der Waals surface area contributed by atoms with Crippen molar-refractivity contribution in [2.75, 3.05) is 18.5 Å². The summed E-state index contributed by atoms with van der Waals surface area (Å²) in [5.41, 5.74) is 2.95. The van der Waals surface area contributed by atoms with Crippen molar-refractivity contribution in [1.29, 1.82) is 0 Å². The molecule has 0 N–H and O–H groups in total. The number of benzene rings is 1. The SMILES string of the molecule is CCCN(C)c1ccccc1C[Si](C)(C)C. The third-order valence-electron chi connectivity index (χ3n) is 2.68. The van der Waals surface area contributed by atoms with Crippen LogP contribution < -0.4 is 4.90 Å². The van der Waals surface area contributed by atoms with E-state index >= 15 is 0 Å². The van der Waals surface area contributed by atoms with Crippen molar-refractivity contribution >= 4 is 13.8 Å². The summed E-state index contributed by atoms with van der Waals surface area (Å²) >= 11 is 0. The molecule has 0 heterocycles. The highest BCUT2D eigenvalue weighted by Gasteiger charge is 2.16. The van der Waals surface area contributed by atoms with Gasteiger partial charge in [0.25, 0.3) is 0 Å². The van der Waals surface area contributed by atoms with E-state index < -0.39 is 8.07 Å². The molecular weight excluding hydrogens is 210 g/mol. The molecule has 0 saturated carbocycles. The predicted octanol–water partition coefficient (Wildman–Crippen LogP) is 3.95. The number of hydrogen-bond donors (Lipinski definition) is 0. The lowest BCUT2D eigenvalue weighted by Crippen LogP contribution is -2.26. The summed E-state index contributed by atoms with van der Waals surface area (Å²) in [5.74, 6) is 0. The molecule has 1 aromatic carbocycles. The molecular formula is C14H25NSi. The standard InChI is InChI=1S/C14H25NSi/c1-6-11-15(2)14-10-8-7-9-13(14)12-16(3,4)5/h7-10H,6,11-12H2,1-5H3. The molecule has 2 heteroatoms. The fourth-order valence-electron chi connectivity index (χ4n) is 2.06. The molecule has 1 rings (SSSR count). The monoisotopic (exact) mass is 235 g/mol. The molecule has 1 aromatic rings. The van der Waals surface area contributed by atoms with E-state index in [1.54, 1.807) is 0 Å². The molecule has 0 radical (unpaired) electrons. The van der Waals surface area contributed by atoms with Crippen LogP contribution in [0.2, 0.25) is 19.6 Å². The summed E-state index contributed by atoms with van der Waals surface area (Å²) in [6, 6.07) is 10.1. The normalized spacial score (nSPS) is 11.6. The van der Waals surface area contributed by atoms with Crippen LogP contribution in [0.25, 0.3) is 0 Å². The van der Waals surface area contributed by atoms with Gasteiger partial charge in [-0.2, -0.15) is 0 Å². The molecule has 0 aliphatic rings. The highest BCUT2D eigenvalue weighted by Crippen LogP contribution is 2.23. The van der Waals surface area contributed by atoms with Crippen LogP contribution in [0.5, 0.6) is 0 Å². The number of rotatable bonds is 5. The van der Waals surface area contributed by atoms with E-state index in [9.17, 15) is 0 Å². The average Bonchev–Trinajstić information content (AvgIpc) is 2.16. The van der Waals surface area contributed by atoms with Crippen LogP contribution in [0, 0.1) is 0 Å². The number of nitrogens with zero attached hydrogens (tertiary/aromatic N) is 1. The molecule has 0 fully saturated rings. The van der Waals surface area contributed by atoms with Crippen LogP contribution in [0.1, 0.15) is 18.9 Å². The Morgan fingerprint density at radius 3 is 2.31 bits per heavy atom. The van der Waals surface area contributed by atoms with Crippen molar-refractivity contribution in [3.63, 3.8) is 0 Å². The quantitative estimate of drug-likeness (QED) is 0.698. The molecule has 0 saturated heterocycles. The highest BCUT2D eigenvalue weighted by molar-refractivity contribution is 6.75. The Morgan fingerprint density at radius 1 is 1.12 bits per heavy atom. The summed E-state index contributed by atoms with van der Waals surface area (Å²) < 4.78 is 0. The van der Waals surface area contributed by atoms with Gasteiger partial charge in [0.1, 0.15) is 0 Å². The minimum Gasteiger partial charge on any atom is -0.374 e. The Bertz CT molecular complexity index is 328. The van der Waals surface area contributed by atoms with E-state index in [2.05, 4.69) is 62.8 Å². The van der Waals surface area contributed by atoms with E-state index in [4.69, 9.17) is 0 Å². The first-order chi connectivity index (χ1) is 7.44. The first-order valence-corrected chi connectivity index (χ1v) is 9.94. The first-order valence-electron chi connectivity index (χ1n) is 6.23. The second-order valence-corrected chi connectivity index (χ2v) is 11.3. The van der Waals surface area contributed by atoms with E-state index in [1.807, 2.05) is 0 Å². The van der Waals surface area contributed by atoms with Gasteiger partial charge >= 0.3 is 0 Å². The van der Waals surface area contributed by atoms with Crippen LogP contribution in [0.4, 0.5) is 5.69 Å². The van der Waals surface area contributed by atoms with Gasteiger partial charge in [-0.05, 0) is 24.1 Å². The van der Waals surface area contributed by atoms with E-state index in [0.717, 1.165) is 6.54 Å². The number of para-hydroxylation sites is 1. The summed E-state index contributed by atoms with van der Waals surface area (Å²) in [6.07, 6.45) is 1.21. The van der Waals surface area contributed by atoms with Gasteiger partial charge < -0.3 is 4.90 Å². The highest BCUT2D eigenvalue weighted by atomic mass is 28.3. The van der Waals surface area contributed by atoms with Crippen molar-refractivity contribution in [3.05, 3.63) is 29.8 Å². The molecule has 90 valence electrons. The maximum atomic E-state index is 2.43. The molecule has 0 spiro atoms. The molecule has 0 atom stereocenters. The van der Waals surface area contributed by atoms with Gasteiger partial charge in [-0.15, -0.1) is 0 Å². The minimum atomic E-state index is -1.02. The van der Waals surface area contributed by atoms with Gasteiger partial charge in [-0.3, -0.25) is 0 Å². The van der Waals surface area contributed by atoms with Crippen LogP contribution in [-0.4, -0.2) is 21.7 Å². The summed E-state index contributed by atoms with van der Waals surface area (Å²) in [5, 5.41) is 0. The Labute approximate surface area is 101 Å². The predicted molar refractivity (Wildman–Crippen MR) is 77.1 cm³/mol. The molecule has 0 bridgehead atoms. The van der Waals surface area contributed by atoms with Gasteiger partial charge in [0.05, 0.1) is 0 Å². The second kappa shape index (κ2) is 5.53. The molecule has 1 nitrogen and oxygen atoms in total. The molecule has 16 heavy (non-hydrogen) atoms. The molecule has 0 aliphatic heterocycles. The maximum absolute atomic E-state index is 2.43. The van der Waals surface area contributed by atoms with E-state index in [-0.39, 0.29) is 0 Å². The Kier molecular flexibility index (Phi) is 4.60. The lowest BCUT2D eigenvalue weighted by molar-refractivity contribution is 0.848. The first kappa shape index (κ1) is 13.3. The van der Waals surface area contributed by atoms with Gasteiger partial charge in [0.2, 0.25) is 0 Å². The van der Waals surface area contributed by atoms with E-state index in [1.165, 1.54) is 23.7 Å². The topological polar surface area (TPSA) is 3.24 Å². The van der Waals surface area contributed by atoms with E-state index in [0.29, 0.717) is 0 Å². The van der Waals surface area contributed by atoms with Crippen LogP contribution in [0.3, 0.4) is 0 Å². The van der Waals surface area contributed by atoms with Crippen molar-refractivity contribution in [2.24, 2.45) is 0 Å². The lowest BCUT2D eigenvalue weighted by Gasteiger charge is -2.25. The zero-order valence-corrected chi connectivity index (χ0v) is 12.4. The Morgan fingerprint density at radius 2 is 1.75 bits per heavy atom. The molecule has 0 unspecified atom stereocenters. The third-order valence-corrected chi connectivity index (χ3v) is 4.12. The maximum Gasteiger partial charge on any atom is 0.0488 e. The van der Waals surface area contributed by atoms with Crippen molar-refractivity contribution in [3.8, 4) is 0 Å². The van der Waals surface area contributed by atoms with Crippen molar-refractivity contribution in [2.45, 2.75) is 39.0 Å². The lowest BCUT2D eigenvalue weighted by atomic mass is 10.2. The third kappa shape index (κ3) is 4.01. The van der Waals surface area contributed by atoms with Gasteiger partial charge in [-0.25, -0.2) is 0 Å². The Balaban J connectivity index is 2.91. The molecule has 0 amide bonds. The Hall–Kier alpha value is -0.763. The van der Waals surface area contributed by atoms with Crippen LogP contribution >= 0.6 is 0 Å². The average molecular weight is 235 g/mol. The van der Waals surface area contributed by atoms with Gasteiger partial charge in [0, 0.05) is 27.4 Å².